The van der Waals surface area contributed by atoms with E-state index in [-0.39, 0.29) is 17.9 Å². The van der Waals surface area contributed by atoms with Crippen LogP contribution in [-0.2, 0) is 20.9 Å². The van der Waals surface area contributed by atoms with Crippen LogP contribution in [0.15, 0.2) is 45.9 Å². The van der Waals surface area contributed by atoms with Gasteiger partial charge < -0.3 is 15.2 Å². The van der Waals surface area contributed by atoms with E-state index in [0.717, 1.165) is 21.1 Å². The highest BCUT2D eigenvalue weighted by Crippen LogP contribution is 2.41. The monoisotopic (exact) mass is 450 g/mol. The summed E-state index contributed by atoms with van der Waals surface area (Å²) in [5.74, 6) is 1.14. The molecule has 4 rings (SSSR count). The first-order valence-corrected chi connectivity index (χ1v) is 11.5. The number of carbonyl (C=O) groups is 2. The molecule has 2 atom stereocenters. The molecular formula is C18H18N4O4S3. The minimum absolute atomic E-state index is 0.109. The van der Waals surface area contributed by atoms with Crippen LogP contribution in [-0.4, -0.2) is 56.4 Å². The molecule has 1 aromatic carbocycles. The summed E-state index contributed by atoms with van der Waals surface area (Å²) in [7, 11) is 1.59. The molecule has 1 fully saturated rings. The van der Waals surface area contributed by atoms with Gasteiger partial charge in [-0.3, -0.25) is 9.69 Å². The fourth-order valence-corrected chi connectivity index (χ4v) is 5.85. The van der Waals surface area contributed by atoms with Crippen LogP contribution < -0.4 is 10.5 Å². The van der Waals surface area contributed by atoms with E-state index in [9.17, 15) is 9.59 Å². The molecule has 8 nitrogen and oxygen atoms in total. The third-order valence-corrected chi connectivity index (χ3v) is 7.82. The highest BCUT2D eigenvalue weighted by Gasteiger charge is 2.52. The molecule has 3 heterocycles. The van der Waals surface area contributed by atoms with E-state index in [4.69, 9.17) is 15.2 Å². The van der Waals surface area contributed by atoms with Crippen molar-refractivity contribution in [3.05, 3.63) is 47.3 Å². The van der Waals surface area contributed by atoms with Gasteiger partial charge in [-0.05, 0) is 34.8 Å². The number of hydrogen-bond acceptors (Lipinski definition) is 10. The number of hydrogen-bond donors (Lipinski definition) is 1. The fourth-order valence-electron chi connectivity index (χ4n) is 3.00. The number of aromatic nitrogens is 2. The van der Waals surface area contributed by atoms with Gasteiger partial charge in [-0.15, -0.1) is 28.6 Å². The molecule has 2 aliphatic heterocycles. The number of carbonyl (C=O) groups excluding carboxylic acids is 2. The van der Waals surface area contributed by atoms with E-state index in [2.05, 4.69) is 9.59 Å². The van der Waals surface area contributed by atoms with Crippen LogP contribution in [0.25, 0.3) is 0 Å². The van der Waals surface area contributed by atoms with E-state index >= 15 is 0 Å². The molecule has 0 bridgehead atoms. The van der Waals surface area contributed by atoms with Gasteiger partial charge in [0, 0.05) is 11.5 Å². The molecule has 29 heavy (non-hydrogen) atoms. The Morgan fingerprint density at radius 1 is 1.38 bits per heavy atom. The topological polar surface area (TPSA) is 108 Å². The summed E-state index contributed by atoms with van der Waals surface area (Å²) in [6, 6.07) is 6.69. The molecule has 152 valence electrons. The molecule has 1 aromatic heterocycles. The van der Waals surface area contributed by atoms with Crippen LogP contribution in [0.4, 0.5) is 0 Å². The largest absolute Gasteiger partial charge is 0.497 e. The Morgan fingerprint density at radius 3 is 2.86 bits per heavy atom. The Morgan fingerprint density at radius 2 is 2.17 bits per heavy atom. The molecule has 0 aliphatic carbocycles. The van der Waals surface area contributed by atoms with E-state index in [1.165, 1.54) is 28.2 Å². The first-order chi connectivity index (χ1) is 14.1. The van der Waals surface area contributed by atoms with Crippen molar-refractivity contribution in [2.45, 2.75) is 22.2 Å². The van der Waals surface area contributed by atoms with E-state index < -0.39 is 12.0 Å². The Balaban J connectivity index is 1.50. The maximum Gasteiger partial charge on any atom is 0.355 e. The number of benzene rings is 1. The Hall–Kier alpha value is -2.08. The van der Waals surface area contributed by atoms with Crippen molar-refractivity contribution >= 4 is 46.9 Å². The molecule has 2 aliphatic rings. The molecule has 0 spiro atoms. The second-order valence-corrected chi connectivity index (χ2v) is 9.50. The second kappa shape index (κ2) is 8.74. The number of nitrogens with two attached hydrogens (primary N) is 1. The Labute approximate surface area is 180 Å². The number of fused-ring (bicyclic) bond motifs is 1. The zero-order valence-corrected chi connectivity index (χ0v) is 17.9. The molecule has 2 N–H and O–H groups in total. The van der Waals surface area contributed by atoms with Gasteiger partial charge in [0.05, 0.1) is 13.3 Å². The average molecular weight is 451 g/mol. The Bertz CT molecular complexity index is 933. The second-order valence-electron chi connectivity index (χ2n) is 6.34. The van der Waals surface area contributed by atoms with Crippen molar-refractivity contribution in [2.75, 3.05) is 18.6 Å². The van der Waals surface area contributed by atoms with Crippen molar-refractivity contribution in [3.63, 3.8) is 0 Å². The molecule has 11 heteroatoms. The zero-order chi connectivity index (χ0) is 20.4. The molecule has 1 saturated heterocycles. The van der Waals surface area contributed by atoms with Gasteiger partial charge in [0.2, 0.25) is 5.91 Å². The van der Waals surface area contributed by atoms with Crippen molar-refractivity contribution in [2.24, 2.45) is 5.73 Å². The summed E-state index contributed by atoms with van der Waals surface area (Å²) in [6.45, 7) is 0.109. The van der Waals surface area contributed by atoms with Crippen LogP contribution in [0.1, 0.15) is 5.56 Å². The lowest BCUT2D eigenvalue weighted by molar-refractivity contribution is -0.151. The molecular weight excluding hydrogens is 432 g/mol. The minimum Gasteiger partial charge on any atom is -0.497 e. The van der Waals surface area contributed by atoms with Crippen LogP contribution in [0.5, 0.6) is 5.75 Å². The number of esters is 1. The number of ether oxygens (including phenoxy) is 2. The van der Waals surface area contributed by atoms with Crippen molar-refractivity contribution in [1.29, 1.82) is 0 Å². The third kappa shape index (κ3) is 4.13. The lowest BCUT2D eigenvalue weighted by Gasteiger charge is -2.48. The molecule has 2 aromatic rings. The van der Waals surface area contributed by atoms with Crippen LogP contribution in [0.3, 0.4) is 0 Å². The number of thioether (sulfide) groups is 2. The third-order valence-electron chi connectivity index (χ3n) is 4.54. The van der Waals surface area contributed by atoms with E-state index in [1.807, 2.05) is 12.1 Å². The lowest BCUT2D eigenvalue weighted by Crippen LogP contribution is -2.68. The van der Waals surface area contributed by atoms with E-state index in [0.29, 0.717) is 17.2 Å². The minimum atomic E-state index is -0.579. The Kier molecular flexibility index (Phi) is 6.09. The van der Waals surface area contributed by atoms with Gasteiger partial charge in [-0.1, -0.05) is 16.6 Å². The van der Waals surface area contributed by atoms with Gasteiger partial charge in [-0.25, -0.2) is 4.79 Å². The van der Waals surface area contributed by atoms with Gasteiger partial charge in [0.15, 0.2) is 0 Å². The van der Waals surface area contributed by atoms with E-state index in [1.54, 1.807) is 37.2 Å². The van der Waals surface area contributed by atoms with Crippen LogP contribution in [0.2, 0.25) is 0 Å². The lowest BCUT2D eigenvalue weighted by atomic mass is 10.0. The van der Waals surface area contributed by atoms with Crippen molar-refractivity contribution in [3.8, 4) is 5.75 Å². The normalized spacial score (nSPS) is 20.9. The highest BCUT2D eigenvalue weighted by atomic mass is 32.2. The zero-order valence-electron chi connectivity index (χ0n) is 15.4. The number of methoxy groups -OCH3 is 1. The quantitative estimate of drug-likeness (QED) is 0.384. The van der Waals surface area contributed by atoms with Gasteiger partial charge in [0.25, 0.3) is 0 Å². The first-order valence-electron chi connectivity index (χ1n) is 8.71. The molecule has 1 unspecified atom stereocenters. The smallest absolute Gasteiger partial charge is 0.355 e. The summed E-state index contributed by atoms with van der Waals surface area (Å²) < 4.78 is 15.5. The maximum absolute atomic E-state index is 12.9. The molecule has 1 amide bonds. The van der Waals surface area contributed by atoms with Crippen molar-refractivity contribution < 1.29 is 19.1 Å². The molecule has 0 saturated carbocycles. The predicted octanol–water partition coefficient (Wildman–Crippen LogP) is 1.88. The first kappa shape index (κ1) is 20.2. The highest BCUT2D eigenvalue weighted by molar-refractivity contribution is 8.01. The van der Waals surface area contributed by atoms with Crippen LogP contribution in [0, 0.1) is 0 Å². The summed E-state index contributed by atoms with van der Waals surface area (Å²) >= 11 is 4.40. The van der Waals surface area contributed by atoms with Gasteiger partial charge in [0.1, 0.15) is 33.7 Å². The number of β-lactam (4-membered cyclic amide) rings is 1. The molecule has 0 radical (unpaired) electrons. The maximum atomic E-state index is 12.9. The summed E-state index contributed by atoms with van der Waals surface area (Å²) in [5.41, 5.74) is 7.91. The summed E-state index contributed by atoms with van der Waals surface area (Å²) in [6.07, 6.45) is 1.68. The SMILES string of the molecule is COc1ccc(COC(=O)C2=C(CSc3cnns3)CS[C@H]3C(N)C(=O)N23)cc1. The van der Waals surface area contributed by atoms with Gasteiger partial charge in [-0.2, -0.15) is 0 Å². The summed E-state index contributed by atoms with van der Waals surface area (Å²) in [5, 5.41) is 3.60. The predicted molar refractivity (Wildman–Crippen MR) is 112 cm³/mol. The fraction of sp³-hybridized carbons (Fsp3) is 0.333. The number of rotatable bonds is 7. The van der Waals surface area contributed by atoms with Crippen LogP contribution >= 0.6 is 35.1 Å². The van der Waals surface area contributed by atoms with Gasteiger partial charge >= 0.3 is 5.97 Å². The summed E-state index contributed by atoms with van der Waals surface area (Å²) in [4.78, 5) is 26.8. The standard InChI is InChI=1S/C18H18N4O4S3/c1-25-12-4-2-10(3-5-12)7-26-18(24)15-11(8-27-13-6-20-21-29-13)9-28-17-14(19)16(23)22(15)17/h2-6,14,17H,7-9,19H2,1H3/t14?,17-/m0/s1. The average Bonchev–Trinajstić information content (AvgIpc) is 3.28. The van der Waals surface area contributed by atoms with Crippen molar-refractivity contribution in [1.82, 2.24) is 14.5 Å². The number of nitrogens with zero attached hydrogens (tertiary/aromatic N) is 3. The number of amides is 1.